The predicted octanol–water partition coefficient (Wildman–Crippen LogP) is 1.54. The third-order valence-electron chi connectivity index (χ3n) is 5.66. The SMILES string of the molecule is CN=C(NCCCC(=O)N1CCc2ccccc21)N1CCN(c2ncccn2)CC1. The molecule has 0 radical (unpaired) electrons. The Morgan fingerprint density at radius 2 is 1.83 bits per heavy atom. The van der Waals surface area contributed by atoms with Crippen molar-refractivity contribution < 1.29 is 4.79 Å². The van der Waals surface area contributed by atoms with E-state index in [1.807, 2.05) is 29.2 Å². The molecule has 0 spiro atoms. The number of aliphatic imine (C=N–C) groups is 1. The smallest absolute Gasteiger partial charge is 0.227 e. The Labute approximate surface area is 177 Å². The number of hydrogen-bond acceptors (Lipinski definition) is 5. The molecule has 30 heavy (non-hydrogen) atoms. The van der Waals surface area contributed by atoms with Crippen LogP contribution in [-0.2, 0) is 11.2 Å². The third kappa shape index (κ3) is 4.53. The molecule has 158 valence electrons. The zero-order chi connectivity index (χ0) is 20.8. The highest BCUT2D eigenvalue weighted by atomic mass is 16.2. The van der Waals surface area contributed by atoms with E-state index >= 15 is 0 Å². The standard InChI is InChI=1S/C22H29N7O/c1-23-21(27-14-16-28(17-15-27)22-25-11-5-12-26-22)24-10-4-8-20(30)29-13-9-18-6-2-3-7-19(18)29/h2-3,5-7,11-12H,4,8-10,13-17H2,1H3,(H,23,24). The van der Waals surface area contributed by atoms with Gasteiger partial charge in [0.05, 0.1) is 0 Å². The van der Waals surface area contributed by atoms with E-state index in [0.717, 1.165) is 69.7 Å². The first kappa shape index (κ1) is 20.1. The number of aromatic nitrogens is 2. The summed E-state index contributed by atoms with van der Waals surface area (Å²) in [5.74, 6) is 1.87. The number of rotatable bonds is 5. The van der Waals surface area contributed by atoms with Crippen molar-refractivity contribution in [3.8, 4) is 0 Å². The van der Waals surface area contributed by atoms with Crippen LogP contribution in [0.25, 0.3) is 0 Å². The molecule has 1 amide bonds. The van der Waals surface area contributed by atoms with E-state index in [2.05, 4.69) is 36.1 Å². The molecule has 0 unspecified atom stereocenters. The van der Waals surface area contributed by atoms with E-state index in [9.17, 15) is 4.79 Å². The van der Waals surface area contributed by atoms with Gasteiger partial charge in [-0.15, -0.1) is 0 Å². The maximum atomic E-state index is 12.6. The molecular weight excluding hydrogens is 378 g/mol. The highest BCUT2D eigenvalue weighted by molar-refractivity contribution is 5.95. The molecule has 8 heteroatoms. The molecule has 3 heterocycles. The lowest BCUT2D eigenvalue weighted by atomic mass is 10.2. The minimum absolute atomic E-state index is 0.202. The first-order chi connectivity index (χ1) is 14.8. The Balaban J connectivity index is 1.20. The largest absolute Gasteiger partial charge is 0.356 e. The topological polar surface area (TPSA) is 77.0 Å². The lowest BCUT2D eigenvalue weighted by molar-refractivity contribution is -0.118. The normalized spacial score (nSPS) is 16.6. The van der Waals surface area contributed by atoms with Gasteiger partial charge in [0.25, 0.3) is 0 Å². The van der Waals surface area contributed by atoms with Crippen molar-refractivity contribution in [1.29, 1.82) is 0 Å². The second-order valence-corrected chi connectivity index (χ2v) is 7.52. The van der Waals surface area contributed by atoms with Gasteiger partial charge in [-0.25, -0.2) is 9.97 Å². The molecule has 8 nitrogen and oxygen atoms in total. The van der Waals surface area contributed by atoms with Crippen LogP contribution >= 0.6 is 0 Å². The Morgan fingerprint density at radius 1 is 1.07 bits per heavy atom. The van der Waals surface area contributed by atoms with Crippen LogP contribution in [0.4, 0.5) is 11.6 Å². The minimum atomic E-state index is 0.202. The molecule has 0 bridgehead atoms. The van der Waals surface area contributed by atoms with Gasteiger partial charge in [0, 0.05) is 70.8 Å². The number of fused-ring (bicyclic) bond motifs is 1. The van der Waals surface area contributed by atoms with Crippen molar-refractivity contribution in [1.82, 2.24) is 20.2 Å². The van der Waals surface area contributed by atoms with Crippen molar-refractivity contribution in [2.24, 2.45) is 4.99 Å². The summed E-state index contributed by atoms with van der Waals surface area (Å²) in [5, 5.41) is 3.41. The molecule has 0 atom stereocenters. The van der Waals surface area contributed by atoms with Crippen LogP contribution in [0.5, 0.6) is 0 Å². The molecule has 1 fully saturated rings. The Kier molecular flexibility index (Phi) is 6.41. The number of carbonyl (C=O) groups excluding carboxylic acids is 1. The molecule has 1 aromatic heterocycles. The van der Waals surface area contributed by atoms with Gasteiger partial charge in [-0.3, -0.25) is 9.79 Å². The third-order valence-corrected chi connectivity index (χ3v) is 5.66. The van der Waals surface area contributed by atoms with E-state index < -0.39 is 0 Å². The quantitative estimate of drug-likeness (QED) is 0.460. The van der Waals surface area contributed by atoms with Gasteiger partial charge < -0.3 is 20.0 Å². The molecule has 2 aromatic rings. The van der Waals surface area contributed by atoms with Crippen LogP contribution in [0, 0.1) is 0 Å². The average Bonchev–Trinajstić information content (AvgIpc) is 3.24. The van der Waals surface area contributed by atoms with Crippen molar-refractivity contribution in [2.75, 3.05) is 56.1 Å². The number of piperazine rings is 1. The summed E-state index contributed by atoms with van der Waals surface area (Å²) in [7, 11) is 1.81. The van der Waals surface area contributed by atoms with Gasteiger partial charge in [-0.2, -0.15) is 0 Å². The summed E-state index contributed by atoms with van der Waals surface area (Å²) < 4.78 is 0. The lowest BCUT2D eigenvalue weighted by Crippen LogP contribution is -2.53. The number of carbonyl (C=O) groups is 1. The van der Waals surface area contributed by atoms with Gasteiger partial charge in [-0.1, -0.05) is 18.2 Å². The minimum Gasteiger partial charge on any atom is -0.356 e. The fourth-order valence-electron chi connectivity index (χ4n) is 4.08. The fourth-order valence-corrected chi connectivity index (χ4v) is 4.08. The molecule has 4 rings (SSSR count). The van der Waals surface area contributed by atoms with Gasteiger partial charge in [0.1, 0.15) is 0 Å². The highest BCUT2D eigenvalue weighted by Gasteiger charge is 2.24. The average molecular weight is 408 g/mol. The molecule has 0 saturated carbocycles. The molecular formula is C22H29N7O. The second-order valence-electron chi connectivity index (χ2n) is 7.52. The van der Waals surface area contributed by atoms with E-state index in [0.29, 0.717) is 6.42 Å². The number of guanidine groups is 1. The van der Waals surface area contributed by atoms with E-state index in [-0.39, 0.29) is 5.91 Å². The zero-order valence-corrected chi connectivity index (χ0v) is 17.5. The molecule has 1 aromatic carbocycles. The number of amides is 1. The number of nitrogens with zero attached hydrogens (tertiary/aromatic N) is 6. The van der Waals surface area contributed by atoms with E-state index in [1.165, 1.54) is 5.56 Å². The van der Waals surface area contributed by atoms with Crippen LogP contribution in [-0.4, -0.2) is 73.1 Å². The Morgan fingerprint density at radius 3 is 2.60 bits per heavy atom. The maximum absolute atomic E-state index is 12.6. The summed E-state index contributed by atoms with van der Waals surface area (Å²) in [6.45, 7) is 4.97. The van der Waals surface area contributed by atoms with Crippen LogP contribution < -0.4 is 15.1 Å². The van der Waals surface area contributed by atoms with Crippen molar-refractivity contribution >= 4 is 23.5 Å². The molecule has 1 saturated heterocycles. The van der Waals surface area contributed by atoms with E-state index in [4.69, 9.17) is 0 Å². The molecule has 2 aliphatic heterocycles. The summed E-state index contributed by atoms with van der Waals surface area (Å²) in [4.78, 5) is 32.1. The van der Waals surface area contributed by atoms with Crippen LogP contribution in [0.15, 0.2) is 47.7 Å². The number of hydrogen-bond donors (Lipinski definition) is 1. The predicted molar refractivity (Wildman–Crippen MR) is 119 cm³/mol. The van der Waals surface area contributed by atoms with Crippen LogP contribution in [0.2, 0.25) is 0 Å². The van der Waals surface area contributed by atoms with Gasteiger partial charge >= 0.3 is 0 Å². The molecule has 2 aliphatic rings. The summed E-state index contributed by atoms with van der Waals surface area (Å²) >= 11 is 0. The lowest BCUT2D eigenvalue weighted by Gasteiger charge is -2.36. The highest BCUT2D eigenvalue weighted by Crippen LogP contribution is 2.27. The van der Waals surface area contributed by atoms with Crippen LogP contribution in [0.1, 0.15) is 18.4 Å². The Bertz CT molecular complexity index is 878. The number of anilines is 2. The summed E-state index contributed by atoms with van der Waals surface area (Å²) in [6, 6.07) is 10.0. The number of benzene rings is 1. The summed E-state index contributed by atoms with van der Waals surface area (Å²) in [5.41, 5.74) is 2.34. The monoisotopic (exact) mass is 407 g/mol. The van der Waals surface area contributed by atoms with Crippen molar-refractivity contribution in [3.63, 3.8) is 0 Å². The fraction of sp³-hybridized carbons (Fsp3) is 0.455. The van der Waals surface area contributed by atoms with Crippen molar-refractivity contribution in [2.45, 2.75) is 19.3 Å². The van der Waals surface area contributed by atoms with Crippen LogP contribution in [0.3, 0.4) is 0 Å². The second kappa shape index (κ2) is 9.56. The first-order valence-electron chi connectivity index (χ1n) is 10.6. The number of para-hydroxylation sites is 1. The van der Waals surface area contributed by atoms with Crippen molar-refractivity contribution in [3.05, 3.63) is 48.3 Å². The maximum Gasteiger partial charge on any atom is 0.227 e. The molecule has 0 aliphatic carbocycles. The first-order valence-corrected chi connectivity index (χ1v) is 10.6. The van der Waals surface area contributed by atoms with Gasteiger partial charge in [-0.05, 0) is 30.5 Å². The number of nitrogens with one attached hydrogen (secondary N) is 1. The Hall–Kier alpha value is -3.16. The summed E-state index contributed by atoms with van der Waals surface area (Å²) in [6.07, 6.45) is 5.83. The van der Waals surface area contributed by atoms with Gasteiger partial charge in [0.2, 0.25) is 11.9 Å². The zero-order valence-electron chi connectivity index (χ0n) is 17.5. The van der Waals surface area contributed by atoms with E-state index in [1.54, 1.807) is 19.4 Å². The molecule has 1 N–H and O–H groups in total. The van der Waals surface area contributed by atoms with Gasteiger partial charge in [0.15, 0.2) is 5.96 Å².